The van der Waals surface area contributed by atoms with Gasteiger partial charge in [0.2, 0.25) is 0 Å². The maximum atomic E-state index is 13.7. The molecule has 4 aromatic rings. The normalized spacial score (nSPS) is 14.2. The Labute approximate surface area is 273 Å². The fourth-order valence-corrected chi connectivity index (χ4v) is 6.35. The number of alkyl halides is 3. The van der Waals surface area contributed by atoms with Crippen molar-refractivity contribution in [3.63, 3.8) is 0 Å². The number of halogens is 4. The average molecular weight is 651 g/mol. The van der Waals surface area contributed by atoms with Gasteiger partial charge in [-0.2, -0.15) is 13.2 Å². The van der Waals surface area contributed by atoms with E-state index >= 15 is 0 Å². The van der Waals surface area contributed by atoms with Crippen LogP contribution >= 0.6 is 11.6 Å². The van der Waals surface area contributed by atoms with E-state index in [0.29, 0.717) is 57.6 Å². The summed E-state index contributed by atoms with van der Waals surface area (Å²) >= 11 is 6.35. The van der Waals surface area contributed by atoms with Crippen LogP contribution in [0.25, 0.3) is 0 Å². The molecule has 5 nitrogen and oxygen atoms in total. The van der Waals surface area contributed by atoms with Gasteiger partial charge in [0, 0.05) is 50.4 Å². The predicted octanol–water partition coefficient (Wildman–Crippen LogP) is 8.76. The van der Waals surface area contributed by atoms with Gasteiger partial charge < -0.3 is 14.7 Å². The second-order valence-corrected chi connectivity index (χ2v) is 12.1. The lowest BCUT2D eigenvalue weighted by molar-refractivity contribution is -0.142. The summed E-state index contributed by atoms with van der Waals surface area (Å²) in [4.78, 5) is 15.7. The van der Waals surface area contributed by atoms with Crippen LogP contribution < -0.4 is 9.64 Å². The molecular weight excluding hydrogens is 613 g/mol. The zero-order valence-corrected chi connectivity index (χ0v) is 26.3. The van der Waals surface area contributed by atoms with Crippen LogP contribution in [0, 0.1) is 5.92 Å². The smallest absolute Gasteiger partial charge is 0.417 e. The Morgan fingerprint density at radius 3 is 2.15 bits per heavy atom. The summed E-state index contributed by atoms with van der Waals surface area (Å²) in [6.45, 7) is 3.17. The van der Waals surface area contributed by atoms with Gasteiger partial charge >= 0.3 is 12.1 Å². The van der Waals surface area contributed by atoms with Crippen LogP contribution in [0.15, 0.2) is 103 Å². The maximum absolute atomic E-state index is 13.7. The number of carboxylic acids is 1. The van der Waals surface area contributed by atoms with Crippen molar-refractivity contribution in [1.29, 1.82) is 0 Å². The van der Waals surface area contributed by atoms with Crippen molar-refractivity contribution < 1.29 is 27.8 Å². The molecule has 46 heavy (non-hydrogen) atoms. The van der Waals surface area contributed by atoms with Gasteiger partial charge in [0.1, 0.15) is 5.75 Å². The Kier molecular flexibility index (Phi) is 11.3. The lowest BCUT2D eigenvalue weighted by atomic mass is 9.90. The number of anilines is 1. The molecule has 0 amide bonds. The number of piperidine rings is 1. The van der Waals surface area contributed by atoms with Gasteiger partial charge in [-0.05, 0) is 54.2 Å². The number of nitrogens with zero attached hydrogens (tertiary/aromatic N) is 2. The highest BCUT2D eigenvalue weighted by molar-refractivity contribution is 6.32. The molecule has 0 bridgehead atoms. The molecule has 9 heteroatoms. The Morgan fingerprint density at radius 2 is 1.54 bits per heavy atom. The average Bonchev–Trinajstić information content (AvgIpc) is 3.06. The Hall–Kier alpha value is -4.01. The second kappa shape index (κ2) is 15.5. The van der Waals surface area contributed by atoms with Gasteiger partial charge in [-0.1, -0.05) is 90.5 Å². The third-order valence-electron chi connectivity index (χ3n) is 8.54. The van der Waals surface area contributed by atoms with Crippen molar-refractivity contribution in [2.45, 2.75) is 37.9 Å². The topological polar surface area (TPSA) is 53.0 Å². The van der Waals surface area contributed by atoms with Crippen LogP contribution in [-0.4, -0.2) is 48.8 Å². The summed E-state index contributed by atoms with van der Waals surface area (Å²) in [5, 5.41) is 9.04. The van der Waals surface area contributed by atoms with E-state index < -0.39 is 17.7 Å². The molecule has 4 aromatic carbocycles. The largest absolute Gasteiger partial charge is 0.493 e. The fourth-order valence-electron chi connectivity index (χ4n) is 6.06. The van der Waals surface area contributed by atoms with Gasteiger partial charge in [0.15, 0.2) is 0 Å². The highest BCUT2D eigenvalue weighted by Gasteiger charge is 2.34. The number of rotatable bonds is 13. The zero-order valence-electron chi connectivity index (χ0n) is 25.5. The zero-order chi connectivity index (χ0) is 32.5. The SMILES string of the molecule is O=C(O)C1CCN(c2cccc(OCCCN(Cc3cccc(C(F)(F)F)c3Cl)CC(c3ccccc3)c3ccccc3)c2)CC1. The first-order valence-electron chi connectivity index (χ1n) is 15.6. The van der Waals surface area contributed by atoms with E-state index in [4.69, 9.17) is 16.3 Å². The minimum atomic E-state index is -4.54. The van der Waals surface area contributed by atoms with Crippen molar-refractivity contribution in [2.75, 3.05) is 37.7 Å². The van der Waals surface area contributed by atoms with E-state index in [1.165, 1.54) is 6.07 Å². The van der Waals surface area contributed by atoms with Crippen LogP contribution in [0.3, 0.4) is 0 Å². The number of hydrogen-bond acceptors (Lipinski definition) is 4. The summed E-state index contributed by atoms with van der Waals surface area (Å²) in [5.74, 6) is -0.320. The molecular formula is C37H38ClF3N2O3. The van der Waals surface area contributed by atoms with Crippen LogP contribution in [0.4, 0.5) is 18.9 Å². The summed E-state index contributed by atoms with van der Waals surface area (Å²) in [5.41, 5.74) is 2.83. The van der Waals surface area contributed by atoms with Crippen LogP contribution in [0.2, 0.25) is 5.02 Å². The number of ether oxygens (including phenoxy) is 1. The van der Waals surface area contributed by atoms with E-state index in [1.807, 2.05) is 60.7 Å². The first kappa shape index (κ1) is 33.4. The quantitative estimate of drug-likeness (QED) is 0.147. The monoisotopic (exact) mass is 650 g/mol. The van der Waals surface area contributed by atoms with Crippen molar-refractivity contribution in [2.24, 2.45) is 5.92 Å². The van der Waals surface area contributed by atoms with E-state index in [1.54, 1.807) is 6.07 Å². The van der Waals surface area contributed by atoms with Crippen molar-refractivity contribution in [3.8, 4) is 5.75 Å². The highest BCUT2D eigenvalue weighted by atomic mass is 35.5. The standard InChI is InChI=1S/C37H38ClF3N2O3/c38-35-30(14-7-17-34(35)37(39,40)41)25-42(26-33(27-10-3-1-4-11-27)28-12-5-2-6-13-28)20-9-23-46-32-16-8-15-31(24-32)43-21-18-29(19-22-43)36(44)45/h1-8,10-17,24,29,33H,9,18-23,25-26H2,(H,44,45). The molecule has 5 rings (SSSR count). The molecule has 0 radical (unpaired) electrons. The molecule has 242 valence electrons. The lowest BCUT2D eigenvalue weighted by Crippen LogP contribution is -2.36. The van der Waals surface area contributed by atoms with Gasteiger partial charge in [-0.25, -0.2) is 0 Å². The number of hydrogen-bond donors (Lipinski definition) is 1. The Morgan fingerprint density at radius 1 is 0.913 bits per heavy atom. The number of carbonyl (C=O) groups is 1. The summed E-state index contributed by atoms with van der Waals surface area (Å²) in [7, 11) is 0. The summed E-state index contributed by atoms with van der Waals surface area (Å²) < 4.78 is 47.2. The molecule has 0 unspecified atom stereocenters. The first-order valence-corrected chi connectivity index (χ1v) is 15.9. The van der Waals surface area contributed by atoms with Crippen LogP contribution in [-0.2, 0) is 17.5 Å². The van der Waals surface area contributed by atoms with Crippen molar-refractivity contribution >= 4 is 23.3 Å². The number of aliphatic carboxylic acids is 1. The van der Waals surface area contributed by atoms with E-state index in [0.717, 1.165) is 28.6 Å². The van der Waals surface area contributed by atoms with E-state index in [2.05, 4.69) is 34.1 Å². The molecule has 1 N–H and O–H groups in total. The van der Waals surface area contributed by atoms with Crippen molar-refractivity contribution in [3.05, 3.63) is 130 Å². The molecule has 1 fully saturated rings. The highest BCUT2D eigenvalue weighted by Crippen LogP contribution is 2.37. The predicted molar refractivity (Wildman–Crippen MR) is 176 cm³/mol. The third kappa shape index (κ3) is 8.83. The lowest BCUT2D eigenvalue weighted by Gasteiger charge is -2.32. The molecule has 0 aromatic heterocycles. The van der Waals surface area contributed by atoms with Crippen molar-refractivity contribution in [1.82, 2.24) is 4.90 Å². The molecule has 1 aliphatic rings. The second-order valence-electron chi connectivity index (χ2n) is 11.7. The molecule has 0 spiro atoms. The summed E-state index contributed by atoms with van der Waals surface area (Å²) in [6.07, 6.45) is -2.68. The fraction of sp³-hybridized carbons (Fsp3) is 0.324. The van der Waals surface area contributed by atoms with E-state index in [-0.39, 0.29) is 23.4 Å². The molecule has 0 atom stereocenters. The Bertz CT molecular complexity index is 1520. The molecule has 1 saturated heterocycles. The number of benzene rings is 4. The minimum Gasteiger partial charge on any atom is -0.493 e. The maximum Gasteiger partial charge on any atom is 0.417 e. The molecule has 0 saturated carbocycles. The van der Waals surface area contributed by atoms with Gasteiger partial charge in [0.05, 0.1) is 23.1 Å². The minimum absolute atomic E-state index is 0.00478. The van der Waals surface area contributed by atoms with Gasteiger partial charge in [-0.15, -0.1) is 0 Å². The third-order valence-corrected chi connectivity index (χ3v) is 8.98. The molecule has 1 aliphatic heterocycles. The Balaban J connectivity index is 1.29. The van der Waals surface area contributed by atoms with Crippen LogP contribution in [0.1, 0.15) is 47.4 Å². The van der Waals surface area contributed by atoms with Gasteiger partial charge in [-0.3, -0.25) is 9.69 Å². The van der Waals surface area contributed by atoms with E-state index in [9.17, 15) is 23.1 Å². The molecule has 0 aliphatic carbocycles. The first-order chi connectivity index (χ1) is 22.2. The number of carboxylic acid groups (broad SMARTS) is 1. The van der Waals surface area contributed by atoms with Crippen LogP contribution in [0.5, 0.6) is 5.75 Å². The summed E-state index contributed by atoms with van der Waals surface area (Å²) in [6, 6.07) is 32.1. The molecule has 1 heterocycles. The van der Waals surface area contributed by atoms with Gasteiger partial charge in [0.25, 0.3) is 0 Å².